The van der Waals surface area contributed by atoms with Crippen molar-refractivity contribution in [3.63, 3.8) is 0 Å². The van der Waals surface area contributed by atoms with Crippen molar-refractivity contribution in [3.8, 4) is 0 Å². The predicted molar refractivity (Wildman–Crippen MR) is 74.0 cm³/mol. The first kappa shape index (κ1) is 19.0. The van der Waals surface area contributed by atoms with Crippen molar-refractivity contribution in [2.24, 2.45) is 0 Å². The Morgan fingerprint density at radius 2 is 1.12 bits per heavy atom. The van der Waals surface area contributed by atoms with E-state index in [1.54, 1.807) is 0 Å². The molecule has 0 aromatic heterocycles. The Labute approximate surface area is 110 Å². The summed E-state index contributed by atoms with van der Waals surface area (Å²) in [6.45, 7) is 14.2. The van der Waals surface area contributed by atoms with Gasteiger partial charge in [-0.1, -0.05) is 26.7 Å². The van der Waals surface area contributed by atoms with Crippen LogP contribution in [0.3, 0.4) is 0 Å². The highest BCUT2D eigenvalue weighted by molar-refractivity contribution is 7.32. The van der Waals surface area contributed by atoms with Crippen molar-refractivity contribution >= 4 is 8.88 Å². The zero-order chi connectivity index (χ0) is 11.5. The van der Waals surface area contributed by atoms with Crippen LogP contribution in [-0.4, -0.2) is 35.5 Å². The van der Waals surface area contributed by atoms with E-state index in [0.29, 0.717) is 8.88 Å². The maximum atomic E-state index is 2.64. The second-order valence-corrected chi connectivity index (χ2v) is 5.77. The van der Waals surface area contributed by atoms with E-state index in [9.17, 15) is 0 Å². The summed E-state index contributed by atoms with van der Waals surface area (Å²) < 4.78 is 5.28. The van der Waals surface area contributed by atoms with Gasteiger partial charge in [0.05, 0.1) is 0 Å². The summed E-state index contributed by atoms with van der Waals surface area (Å²) in [5, 5.41) is 0. The van der Waals surface area contributed by atoms with Gasteiger partial charge in [0.15, 0.2) is 0 Å². The van der Waals surface area contributed by atoms with E-state index in [1.807, 2.05) is 0 Å². The maximum Gasteiger partial charge on any atom is 0.126 e. The Hall–Kier alpha value is 0.640. The molecule has 100 valence electrons. The van der Waals surface area contributed by atoms with Gasteiger partial charge >= 0.3 is 0 Å². The largest absolute Gasteiger partial charge is 1.00 e. The van der Waals surface area contributed by atoms with Crippen LogP contribution in [-0.2, 0) is 0 Å². The number of hydrogen-bond acceptors (Lipinski definition) is 2. The van der Waals surface area contributed by atoms with E-state index in [2.05, 4.69) is 37.0 Å². The van der Waals surface area contributed by atoms with Gasteiger partial charge in [0.25, 0.3) is 0 Å². The van der Waals surface area contributed by atoms with Gasteiger partial charge < -0.3 is 12.4 Å². The molecule has 2 nitrogen and oxygen atoms in total. The molecule has 0 amide bonds. The molecule has 0 rings (SSSR count). The molecule has 0 spiro atoms. The molecule has 16 heavy (non-hydrogen) atoms. The molecule has 0 aliphatic heterocycles. The molecule has 0 aliphatic rings. The lowest BCUT2D eigenvalue weighted by atomic mass is 10.3. The van der Waals surface area contributed by atoms with E-state index in [0.717, 1.165) is 0 Å². The minimum Gasteiger partial charge on any atom is -1.00 e. The fourth-order valence-electron chi connectivity index (χ4n) is 1.55. The summed E-state index contributed by atoms with van der Waals surface area (Å²) in [5.74, 6) is 0. The second kappa shape index (κ2) is 13.7. The SMILES string of the molecule is CCCCN(CC)[PH2+]N(CC)CCCC.[Cl-]. The predicted octanol–water partition coefficient (Wildman–Crippen LogP) is 0.475. The Morgan fingerprint density at radius 3 is 1.38 bits per heavy atom. The van der Waals surface area contributed by atoms with Gasteiger partial charge in [-0.25, -0.2) is 0 Å². The molecule has 0 bridgehead atoms. The summed E-state index contributed by atoms with van der Waals surface area (Å²) in [6, 6.07) is 0. The number of hydrogen-bond donors (Lipinski definition) is 0. The van der Waals surface area contributed by atoms with Crippen molar-refractivity contribution in [3.05, 3.63) is 0 Å². The van der Waals surface area contributed by atoms with Gasteiger partial charge in [0.1, 0.15) is 8.88 Å². The zero-order valence-electron chi connectivity index (χ0n) is 11.5. The quantitative estimate of drug-likeness (QED) is 0.532. The molecule has 0 saturated heterocycles. The van der Waals surface area contributed by atoms with Crippen molar-refractivity contribution in [2.75, 3.05) is 26.2 Å². The minimum absolute atomic E-state index is 0. The topological polar surface area (TPSA) is 6.48 Å². The Bertz CT molecular complexity index is 122. The molecular formula is C12H30ClN2P. The lowest BCUT2D eigenvalue weighted by Gasteiger charge is -2.21. The third kappa shape index (κ3) is 9.84. The van der Waals surface area contributed by atoms with Gasteiger partial charge in [0.2, 0.25) is 0 Å². The van der Waals surface area contributed by atoms with Crippen LogP contribution in [0.1, 0.15) is 53.4 Å². The maximum absolute atomic E-state index is 2.64. The number of unbranched alkanes of at least 4 members (excludes halogenated alkanes) is 2. The first-order valence-electron chi connectivity index (χ1n) is 6.61. The fraction of sp³-hybridized carbons (Fsp3) is 1.00. The van der Waals surface area contributed by atoms with Crippen molar-refractivity contribution in [1.29, 1.82) is 0 Å². The molecular weight excluding hydrogens is 239 g/mol. The lowest BCUT2D eigenvalue weighted by molar-refractivity contribution is -0.00000354. The van der Waals surface area contributed by atoms with Crippen molar-refractivity contribution in [1.82, 2.24) is 9.34 Å². The second-order valence-electron chi connectivity index (χ2n) is 4.08. The number of nitrogens with zero attached hydrogens (tertiary/aromatic N) is 2. The molecule has 0 radical (unpaired) electrons. The van der Waals surface area contributed by atoms with Gasteiger partial charge in [-0.15, -0.1) is 0 Å². The average Bonchev–Trinajstić information content (AvgIpc) is 2.28. The summed E-state index contributed by atoms with van der Waals surface area (Å²) in [5.41, 5.74) is 0. The molecule has 0 saturated carbocycles. The van der Waals surface area contributed by atoms with Crippen LogP contribution in [0.25, 0.3) is 0 Å². The van der Waals surface area contributed by atoms with E-state index < -0.39 is 0 Å². The highest BCUT2D eigenvalue weighted by Gasteiger charge is 2.14. The van der Waals surface area contributed by atoms with Crippen LogP contribution in [0.4, 0.5) is 0 Å². The normalized spacial score (nSPS) is 10.9. The van der Waals surface area contributed by atoms with Crippen molar-refractivity contribution < 1.29 is 12.4 Å². The van der Waals surface area contributed by atoms with Crippen LogP contribution >= 0.6 is 8.88 Å². The van der Waals surface area contributed by atoms with E-state index in [4.69, 9.17) is 0 Å². The van der Waals surface area contributed by atoms with Crippen LogP contribution in [0.15, 0.2) is 0 Å². The van der Waals surface area contributed by atoms with Crippen LogP contribution in [0.2, 0.25) is 0 Å². The van der Waals surface area contributed by atoms with Crippen LogP contribution in [0.5, 0.6) is 0 Å². The summed E-state index contributed by atoms with van der Waals surface area (Å²) in [4.78, 5) is 0. The number of halogens is 1. The summed E-state index contributed by atoms with van der Waals surface area (Å²) in [6.07, 6.45) is 5.34. The first-order valence-corrected chi connectivity index (χ1v) is 7.64. The molecule has 0 aliphatic carbocycles. The molecule has 4 heteroatoms. The molecule has 0 heterocycles. The molecule has 0 unspecified atom stereocenters. The van der Waals surface area contributed by atoms with E-state index in [1.165, 1.54) is 51.9 Å². The molecule has 0 atom stereocenters. The Morgan fingerprint density at radius 1 is 0.750 bits per heavy atom. The average molecular weight is 269 g/mol. The smallest absolute Gasteiger partial charge is 0.126 e. The van der Waals surface area contributed by atoms with Gasteiger partial charge in [-0.05, 0) is 26.7 Å². The molecule has 0 fully saturated rings. The first-order chi connectivity index (χ1) is 7.28. The number of rotatable bonds is 10. The zero-order valence-corrected chi connectivity index (χ0v) is 13.4. The highest BCUT2D eigenvalue weighted by Crippen LogP contribution is 2.24. The van der Waals surface area contributed by atoms with Gasteiger partial charge in [-0.2, -0.15) is 9.34 Å². The molecule has 0 aromatic rings. The van der Waals surface area contributed by atoms with Crippen molar-refractivity contribution in [2.45, 2.75) is 53.4 Å². The van der Waals surface area contributed by atoms with E-state index >= 15 is 0 Å². The molecule has 0 aromatic carbocycles. The summed E-state index contributed by atoms with van der Waals surface area (Å²) in [7, 11) is 0.383. The Balaban J connectivity index is 0. The standard InChI is InChI=1S/C12H29N2P.ClH/c1-5-9-11-13(7-3)15-14(8-4)12-10-6-2;/h15H,5-12H2,1-4H3;1H. The highest BCUT2D eigenvalue weighted by atomic mass is 35.5. The minimum atomic E-state index is 0. The van der Waals surface area contributed by atoms with Crippen LogP contribution < -0.4 is 12.4 Å². The third-order valence-corrected chi connectivity index (χ3v) is 4.64. The Kier molecular flexibility index (Phi) is 16.3. The monoisotopic (exact) mass is 268 g/mol. The lowest BCUT2D eigenvalue weighted by Crippen LogP contribution is -3.00. The van der Waals surface area contributed by atoms with E-state index in [-0.39, 0.29) is 12.4 Å². The van der Waals surface area contributed by atoms with Gasteiger partial charge in [0, 0.05) is 26.2 Å². The van der Waals surface area contributed by atoms with Crippen LogP contribution in [0, 0.1) is 0 Å². The molecule has 0 N–H and O–H groups in total. The summed E-state index contributed by atoms with van der Waals surface area (Å²) >= 11 is 0. The van der Waals surface area contributed by atoms with Gasteiger partial charge in [-0.3, -0.25) is 0 Å². The fourth-order valence-corrected chi connectivity index (χ4v) is 2.93. The third-order valence-electron chi connectivity index (χ3n) is 2.74.